The predicted molar refractivity (Wildman–Crippen MR) is 49.8 cm³/mol. The summed E-state index contributed by atoms with van der Waals surface area (Å²) in [5.41, 5.74) is 6.33. The molecule has 0 aromatic carbocycles. The Kier molecular flexibility index (Phi) is 2.38. The van der Waals surface area contributed by atoms with Crippen LogP contribution in [0.1, 0.15) is 35.0 Å². The summed E-state index contributed by atoms with van der Waals surface area (Å²) in [6.45, 7) is 3.90. The van der Waals surface area contributed by atoms with Gasteiger partial charge in [-0.1, -0.05) is 13.8 Å². The van der Waals surface area contributed by atoms with E-state index >= 15 is 0 Å². The number of rotatable bonds is 2. The molecule has 0 aliphatic heterocycles. The van der Waals surface area contributed by atoms with Gasteiger partial charge in [-0.3, -0.25) is 0 Å². The molecule has 1 heterocycles. The van der Waals surface area contributed by atoms with E-state index in [1.165, 1.54) is 0 Å². The molecule has 0 radical (unpaired) electrons. The fraction of sp³-hybridized carbons (Fsp3) is 0.375. The first-order valence-corrected chi connectivity index (χ1v) is 4.46. The number of nitrogen functional groups attached to an aromatic ring is 1. The van der Waals surface area contributed by atoms with Crippen LogP contribution in [0.15, 0.2) is 6.07 Å². The van der Waals surface area contributed by atoms with Gasteiger partial charge in [-0.2, -0.15) is 0 Å². The third-order valence-electron chi connectivity index (χ3n) is 1.60. The number of hydrogen-bond donors (Lipinski definition) is 2. The van der Waals surface area contributed by atoms with E-state index in [-0.39, 0.29) is 5.92 Å². The third kappa shape index (κ3) is 1.58. The average Bonchev–Trinajstić information content (AvgIpc) is 2.31. The van der Waals surface area contributed by atoms with Crippen molar-refractivity contribution in [3.8, 4) is 0 Å². The van der Waals surface area contributed by atoms with Crippen molar-refractivity contribution < 1.29 is 9.90 Å². The summed E-state index contributed by atoms with van der Waals surface area (Å²) in [6.07, 6.45) is 0. The molecular formula is C8H11NO2S. The standard InChI is InChI=1S/C8H11NO2S/c1-4(2)5-3-6(9)12-7(5)8(10)11/h3-4H,9H2,1-2H3,(H,10,11). The zero-order chi connectivity index (χ0) is 9.30. The van der Waals surface area contributed by atoms with Crippen LogP contribution < -0.4 is 5.73 Å². The van der Waals surface area contributed by atoms with Crippen LogP contribution in [0, 0.1) is 0 Å². The second-order valence-corrected chi connectivity index (χ2v) is 3.98. The molecule has 1 aromatic rings. The Balaban J connectivity index is 3.17. The molecule has 0 fully saturated rings. The molecule has 3 nitrogen and oxygen atoms in total. The maximum atomic E-state index is 10.7. The van der Waals surface area contributed by atoms with Crippen LogP contribution in [-0.2, 0) is 0 Å². The molecule has 0 bridgehead atoms. The number of carboxylic acids is 1. The van der Waals surface area contributed by atoms with E-state index in [2.05, 4.69) is 0 Å². The molecule has 3 N–H and O–H groups in total. The molecular weight excluding hydrogens is 174 g/mol. The van der Waals surface area contributed by atoms with Gasteiger partial charge in [0, 0.05) is 0 Å². The minimum atomic E-state index is -0.889. The highest BCUT2D eigenvalue weighted by Gasteiger charge is 2.15. The first-order chi connectivity index (χ1) is 5.52. The van der Waals surface area contributed by atoms with E-state index in [1.807, 2.05) is 13.8 Å². The van der Waals surface area contributed by atoms with E-state index in [4.69, 9.17) is 10.8 Å². The summed E-state index contributed by atoms with van der Waals surface area (Å²) < 4.78 is 0. The summed E-state index contributed by atoms with van der Waals surface area (Å²) in [5, 5.41) is 9.35. The molecule has 12 heavy (non-hydrogen) atoms. The van der Waals surface area contributed by atoms with Gasteiger partial charge in [0.2, 0.25) is 0 Å². The van der Waals surface area contributed by atoms with Gasteiger partial charge in [0.25, 0.3) is 0 Å². The van der Waals surface area contributed by atoms with Crippen LogP contribution in [0.3, 0.4) is 0 Å². The van der Waals surface area contributed by atoms with Gasteiger partial charge in [0.05, 0.1) is 5.00 Å². The lowest BCUT2D eigenvalue weighted by Gasteiger charge is -2.01. The van der Waals surface area contributed by atoms with Gasteiger partial charge < -0.3 is 10.8 Å². The van der Waals surface area contributed by atoms with Crippen LogP contribution in [0.2, 0.25) is 0 Å². The topological polar surface area (TPSA) is 63.3 Å². The normalized spacial score (nSPS) is 10.6. The highest BCUT2D eigenvalue weighted by atomic mass is 32.1. The number of carbonyl (C=O) groups is 1. The zero-order valence-corrected chi connectivity index (χ0v) is 7.81. The lowest BCUT2D eigenvalue weighted by atomic mass is 10.0. The van der Waals surface area contributed by atoms with Crippen molar-refractivity contribution in [2.75, 3.05) is 5.73 Å². The molecule has 0 unspecified atom stereocenters. The van der Waals surface area contributed by atoms with Crippen molar-refractivity contribution in [1.82, 2.24) is 0 Å². The Morgan fingerprint density at radius 3 is 2.58 bits per heavy atom. The highest BCUT2D eigenvalue weighted by molar-refractivity contribution is 7.17. The van der Waals surface area contributed by atoms with Gasteiger partial charge in [-0.15, -0.1) is 11.3 Å². The van der Waals surface area contributed by atoms with Crippen LogP contribution in [-0.4, -0.2) is 11.1 Å². The van der Waals surface area contributed by atoms with Crippen LogP contribution in [0.5, 0.6) is 0 Å². The Morgan fingerprint density at radius 2 is 2.25 bits per heavy atom. The number of thiophene rings is 1. The highest BCUT2D eigenvalue weighted by Crippen LogP contribution is 2.29. The van der Waals surface area contributed by atoms with E-state index in [0.29, 0.717) is 9.88 Å². The first-order valence-electron chi connectivity index (χ1n) is 3.65. The molecule has 66 valence electrons. The van der Waals surface area contributed by atoms with Crippen molar-refractivity contribution in [3.63, 3.8) is 0 Å². The van der Waals surface area contributed by atoms with Gasteiger partial charge in [0.15, 0.2) is 0 Å². The van der Waals surface area contributed by atoms with Gasteiger partial charge in [-0.05, 0) is 17.5 Å². The molecule has 1 aromatic heterocycles. The summed E-state index contributed by atoms with van der Waals surface area (Å²) >= 11 is 1.13. The van der Waals surface area contributed by atoms with Crippen LogP contribution >= 0.6 is 11.3 Å². The molecule has 4 heteroatoms. The Hall–Kier alpha value is -1.03. The van der Waals surface area contributed by atoms with Gasteiger partial charge in [0.1, 0.15) is 4.88 Å². The molecule has 0 saturated carbocycles. The zero-order valence-electron chi connectivity index (χ0n) is 7.00. The van der Waals surface area contributed by atoms with Crippen molar-refractivity contribution in [1.29, 1.82) is 0 Å². The van der Waals surface area contributed by atoms with E-state index in [9.17, 15) is 4.79 Å². The van der Waals surface area contributed by atoms with Crippen molar-refractivity contribution in [2.45, 2.75) is 19.8 Å². The van der Waals surface area contributed by atoms with E-state index in [1.54, 1.807) is 6.07 Å². The molecule has 1 rings (SSSR count). The fourth-order valence-corrected chi connectivity index (χ4v) is 1.94. The maximum Gasteiger partial charge on any atom is 0.346 e. The second-order valence-electron chi connectivity index (χ2n) is 2.89. The molecule has 0 atom stereocenters. The molecule has 0 aliphatic carbocycles. The Bertz CT molecular complexity index is 304. The van der Waals surface area contributed by atoms with Gasteiger partial charge in [-0.25, -0.2) is 4.79 Å². The summed E-state index contributed by atoms with van der Waals surface area (Å²) in [7, 11) is 0. The number of anilines is 1. The van der Waals surface area contributed by atoms with Crippen molar-refractivity contribution in [2.24, 2.45) is 0 Å². The quantitative estimate of drug-likeness (QED) is 0.742. The van der Waals surface area contributed by atoms with Crippen LogP contribution in [0.25, 0.3) is 0 Å². The first kappa shape index (κ1) is 9.06. The molecule has 0 spiro atoms. The SMILES string of the molecule is CC(C)c1cc(N)sc1C(=O)O. The minimum Gasteiger partial charge on any atom is -0.477 e. The fourth-order valence-electron chi connectivity index (χ4n) is 1.02. The Morgan fingerprint density at radius 1 is 1.67 bits per heavy atom. The minimum absolute atomic E-state index is 0.213. The smallest absolute Gasteiger partial charge is 0.346 e. The summed E-state index contributed by atoms with van der Waals surface area (Å²) in [4.78, 5) is 11.1. The van der Waals surface area contributed by atoms with E-state index < -0.39 is 5.97 Å². The maximum absolute atomic E-state index is 10.7. The number of carboxylic acid groups (broad SMARTS) is 1. The second kappa shape index (κ2) is 3.15. The number of hydrogen-bond acceptors (Lipinski definition) is 3. The third-order valence-corrected chi connectivity index (χ3v) is 2.56. The van der Waals surface area contributed by atoms with Gasteiger partial charge >= 0.3 is 5.97 Å². The number of nitrogens with two attached hydrogens (primary N) is 1. The van der Waals surface area contributed by atoms with Crippen molar-refractivity contribution >= 4 is 22.3 Å². The van der Waals surface area contributed by atoms with Crippen LogP contribution in [0.4, 0.5) is 5.00 Å². The molecule has 0 aliphatic rings. The summed E-state index contributed by atoms with van der Waals surface area (Å²) in [6, 6.07) is 1.73. The Labute approximate surface area is 74.8 Å². The monoisotopic (exact) mass is 185 g/mol. The lowest BCUT2D eigenvalue weighted by Crippen LogP contribution is -1.98. The number of aromatic carboxylic acids is 1. The average molecular weight is 185 g/mol. The van der Waals surface area contributed by atoms with E-state index in [0.717, 1.165) is 16.9 Å². The molecule has 0 amide bonds. The molecule has 0 saturated heterocycles. The summed E-state index contributed by atoms with van der Waals surface area (Å²) in [5.74, 6) is -0.676. The van der Waals surface area contributed by atoms with Crippen molar-refractivity contribution in [3.05, 3.63) is 16.5 Å². The lowest BCUT2D eigenvalue weighted by molar-refractivity contribution is 0.0700. The predicted octanol–water partition coefficient (Wildman–Crippen LogP) is 2.15. The largest absolute Gasteiger partial charge is 0.477 e.